The second kappa shape index (κ2) is 4.96. The zero-order valence-corrected chi connectivity index (χ0v) is 12.1. The third-order valence-electron chi connectivity index (χ3n) is 3.47. The van der Waals surface area contributed by atoms with Crippen molar-refractivity contribution < 1.29 is 23.9 Å². The molecule has 3 atom stereocenters. The van der Waals surface area contributed by atoms with Crippen molar-refractivity contribution in [2.75, 3.05) is 7.11 Å². The first-order chi connectivity index (χ1) is 9.24. The number of esters is 1. The van der Waals surface area contributed by atoms with Gasteiger partial charge in [0.2, 0.25) is 5.91 Å². The predicted molar refractivity (Wildman–Crippen MR) is 68.8 cm³/mol. The molecule has 0 spiro atoms. The van der Waals surface area contributed by atoms with E-state index in [4.69, 9.17) is 4.74 Å². The third kappa shape index (κ3) is 2.57. The average molecular weight is 284 g/mol. The highest BCUT2D eigenvalue weighted by Crippen LogP contribution is 2.32. The molecule has 0 radical (unpaired) electrons. The highest BCUT2D eigenvalue weighted by Gasteiger charge is 2.53. The molecular weight excluding hydrogens is 264 g/mol. The molecule has 112 valence electrons. The van der Waals surface area contributed by atoms with Gasteiger partial charge in [-0.3, -0.25) is 9.69 Å². The molecule has 2 bridgehead atoms. The van der Waals surface area contributed by atoms with Gasteiger partial charge in [-0.15, -0.1) is 0 Å². The van der Waals surface area contributed by atoms with Crippen LogP contribution in [0.1, 0.15) is 33.6 Å². The fourth-order valence-electron chi connectivity index (χ4n) is 2.69. The standard InChI is InChI=1S/C13H20N2O5/c1-13(2,3)20-12(18)15-7-5-6-8(15)10(16)14-9(7)11(17)19-4/h7-9H,5-6H2,1-4H3,(H,14,16)/t7-,8+,9-/m1/s1. The second-order valence-electron chi connectivity index (χ2n) is 6.06. The fraction of sp³-hybridized carbons (Fsp3) is 0.769. The van der Waals surface area contributed by atoms with Crippen molar-refractivity contribution in [1.29, 1.82) is 0 Å². The molecule has 2 aliphatic rings. The Morgan fingerprint density at radius 1 is 1.30 bits per heavy atom. The molecule has 2 fully saturated rings. The molecule has 7 nitrogen and oxygen atoms in total. The van der Waals surface area contributed by atoms with E-state index in [2.05, 4.69) is 10.1 Å². The summed E-state index contributed by atoms with van der Waals surface area (Å²) in [6, 6.07) is -1.78. The van der Waals surface area contributed by atoms with Crippen molar-refractivity contribution in [2.45, 2.75) is 57.3 Å². The van der Waals surface area contributed by atoms with Gasteiger partial charge in [-0.2, -0.15) is 0 Å². The quantitative estimate of drug-likeness (QED) is 0.706. The van der Waals surface area contributed by atoms with E-state index >= 15 is 0 Å². The van der Waals surface area contributed by atoms with Crippen LogP contribution in [0.15, 0.2) is 0 Å². The number of nitrogens with zero attached hydrogens (tertiary/aromatic N) is 1. The van der Waals surface area contributed by atoms with Crippen LogP contribution in [-0.4, -0.2) is 53.7 Å². The highest BCUT2D eigenvalue weighted by atomic mass is 16.6. The molecule has 0 aliphatic carbocycles. The number of ether oxygens (including phenoxy) is 2. The van der Waals surface area contributed by atoms with Gasteiger partial charge in [0.1, 0.15) is 17.7 Å². The van der Waals surface area contributed by atoms with Crippen molar-refractivity contribution in [2.24, 2.45) is 0 Å². The predicted octanol–water partition coefficient (Wildman–Crippen LogP) is 0.426. The first-order valence-corrected chi connectivity index (χ1v) is 6.64. The summed E-state index contributed by atoms with van der Waals surface area (Å²) in [7, 11) is 1.26. The van der Waals surface area contributed by atoms with Crippen LogP contribution in [0, 0.1) is 0 Å². The van der Waals surface area contributed by atoms with Gasteiger partial charge in [-0.25, -0.2) is 9.59 Å². The summed E-state index contributed by atoms with van der Waals surface area (Å²) < 4.78 is 10.0. The first kappa shape index (κ1) is 14.6. The average Bonchev–Trinajstić information content (AvgIpc) is 2.70. The van der Waals surface area contributed by atoms with Crippen LogP contribution in [0.5, 0.6) is 0 Å². The summed E-state index contributed by atoms with van der Waals surface area (Å²) in [6.07, 6.45) is 0.541. The summed E-state index contributed by atoms with van der Waals surface area (Å²) in [5.41, 5.74) is -0.648. The molecule has 1 N–H and O–H groups in total. The van der Waals surface area contributed by atoms with Gasteiger partial charge in [0.25, 0.3) is 0 Å². The Kier molecular flexibility index (Phi) is 3.62. The molecule has 0 aromatic carbocycles. The molecule has 0 saturated carbocycles. The van der Waals surface area contributed by atoms with Crippen LogP contribution in [0.2, 0.25) is 0 Å². The molecule has 2 amide bonds. The van der Waals surface area contributed by atoms with E-state index in [1.165, 1.54) is 12.0 Å². The van der Waals surface area contributed by atoms with E-state index in [0.717, 1.165) is 0 Å². The van der Waals surface area contributed by atoms with Gasteiger partial charge < -0.3 is 14.8 Å². The largest absolute Gasteiger partial charge is 0.467 e. The zero-order chi connectivity index (χ0) is 15.1. The number of rotatable bonds is 1. The van der Waals surface area contributed by atoms with E-state index in [1.54, 1.807) is 20.8 Å². The van der Waals surface area contributed by atoms with Gasteiger partial charge >= 0.3 is 12.1 Å². The van der Waals surface area contributed by atoms with Crippen molar-refractivity contribution in [3.05, 3.63) is 0 Å². The summed E-state index contributed by atoms with van der Waals surface area (Å²) in [6.45, 7) is 5.28. The number of hydrogen-bond acceptors (Lipinski definition) is 5. The number of amides is 2. The Balaban J connectivity index is 2.22. The monoisotopic (exact) mass is 284 g/mol. The van der Waals surface area contributed by atoms with Crippen LogP contribution in [0.25, 0.3) is 0 Å². The molecule has 0 aromatic heterocycles. The number of methoxy groups -OCH3 is 1. The van der Waals surface area contributed by atoms with E-state index in [0.29, 0.717) is 12.8 Å². The summed E-state index contributed by atoms with van der Waals surface area (Å²) in [5.74, 6) is -0.878. The Morgan fingerprint density at radius 2 is 1.95 bits per heavy atom. The normalized spacial score (nSPS) is 28.9. The van der Waals surface area contributed by atoms with Gasteiger partial charge in [0, 0.05) is 0 Å². The number of hydrogen-bond donors (Lipinski definition) is 1. The first-order valence-electron chi connectivity index (χ1n) is 6.64. The van der Waals surface area contributed by atoms with Gasteiger partial charge in [0.05, 0.1) is 13.2 Å². The summed E-state index contributed by atoms with van der Waals surface area (Å²) in [5, 5.41) is 2.61. The minimum Gasteiger partial charge on any atom is -0.467 e. The second-order valence-corrected chi connectivity index (χ2v) is 6.06. The van der Waals surface area contributed by atoms with Crippen LogP contribution in [0.4, 0.5) is 4.79 Å². The van der Waals surface area contributed by atoms with Crippen molar-refractivity contribution >= 4 is 18.0 Å². The summed E-state index contributed by atoms with van der Waals surface area (Å²) in [4.78, 5) is 37.4. The SMILES string of the molecule is COC(=O)[C@@H]1NC(=O)[C@@H]2CC[C@H]1N2C(=O)OC(C)(C)C. The lowest BCUT2D eigenvalue weighted by atomic mass is 10.1. The van der Waals surface area contributed by atoms with E-state index in [-0.39, 0.29) is 5.91 Å². The molecule has 7 heteroatoms. The Hall–Kier alpha value is -1.79. The van der Waals surface area contributed by atoms with E-state index in [1.807, 2.05) is 0 Å². The maximum absolute atomic E-state index is 12.2. The lowest BCUT2D eigenvalue weighted by Crippen LogP contribution is -2.65. The minimum absolute atomic E-state index is 0.333. The molecule has 0 unspecified atom stereocenters. The number of fused-ring (bicyclic) bond motifs is 2. The highest BCUT2D eigenvalue weighted by molar-refractivity contribution is 5.93. The van der Waals surface area contributed by atoms with Crippen LogP contribution in [-0.2, 0) is 19.1 Å². The number of piperazine rings is 1. The molecule has 2 heterocycles. The number of nitrogens with one attached hydrogen (secondary N) is 1. The maximum Gasteiger partial charge on any atom is 0.411 e. The van der Waals surface area contributed by atoms with Crippen LogP contribution in [0.3, 0.4) is 0 Å². The number of carbonyl (C=O) groups excluding carboxylic acids is 3. The Morgan fingerprint density at radius 3 is 2.50 bits per heavy atom. The van der Waals surface area contributed by atoms with Crippen molar-refractivity contribution in [3.8, 4) is 0 Å². The van der Waals surface area contributed by atoms with E-state index < -0.39 is 35.8 Å². The van der Waals surface area contributed by atoms with Crippen molar-refractivity contribution in [3.63, 3.8) is 0 Å². The van der Waals surface area contributed by atoms with Crippen LogP contribution < -0.4 is 5.32 Å². The Bertz CT molecular complexity index is 443. The minimum atomic E-state index is -0.821. The summed E-state index contributed by atoms with van der Waals surface area (Å²) >= 11 is 0. The molecule has 2 rings (SSSR count). The third-order valence-corrected chi connectivity index (χ3v) is 3.47. The smallest absolute Gasteiger partial charge is 0.411 e. The molecule has 2 saturated heterocycles. The number of carbonyl (C=O) groups is 3. The fourth-order valence-corrected chi connectivity index (χ4v) is 2.69. The van der Waals surface area contributed by atoms with Crippen LogP contribution >= 0.6 is 0 Å². The molecular formula is C13H20N2O5. The maximum atomic E-state index is 12.2. The molecule has 20 heavy (non-hydrogen) atoms. The topological polar surface area (TPSA) is 84.9 Å². The molecule has 2 aliphatic heterocycles. The zero-order valence-electron chi connectivity index (χ0n) is 12.1. The van der Waals surface area contributed by atoms with Gasteiger partial charge in [0.15, 0.2) is 0 Å². The van der Waals surface area contributed by atoms with Gasteiger partial charge in [-0.1, -0.05) is 0 Å². The molecule has 0 aromatic rings. The van der Waals surface area contributed by atoms with E-state index in [9.17, 15) is 14.4 Å². The Labute approximate surface area is 117 Å². The lowest BCUT2D eigenvalue weighted by molar-refractivity contribution is -0.150. The van der Waals surface area contributed by atoms with Crippen molar-refractivity contribution in [1.82, 2.24) is 10.2 Å². The lowest BCUT2D eigenvalue weighted by Gasteiger charge is -2.39. The van der Waals surface area contributed by atoms with Gasteiger partial charge in [-0.05, 0) is 33.6 Å².